The van der Waals surface area contributed by atoms with Crippen LogP contribution in [0.2, 0.25) is 5.02 Å². The van der Waals surface area contributed by atoms with Gasteiger partial charge in [-0.15, -0.1) is 0 Å². The standard InChI is InChI=1S/C19H23ClN2O3/c1-12-16(18(23)25-13-8-4-2-3-5-9-13)17(22-19(24)21-12)14-10-6-7-11-15(14)20/h6-7,10-11,13,16-17H,1-5,8-9H2,(H2,21,22,24). The summed E-state index contributed by atoms with van der Waals surface area (Å²) >= 11 is 6.28. The summed E-state index contributed by atoms with van der Waals surface area (Å²) in [6.45, 7) is 3.87. The van der Waals surface area contributed by atoms with E-state index < -0.39 is 18.0 Å². The maximum atomic E-state index is 12.9. The van der Waals surface area contributed by atoms with Gasteiger partial charge in [0, 0.05) is 10.7 Å². The highest BCUT2D eigenvalue weighted by Gasteiger charge is 2.40. The Bertz CT molecular complexity index is 668. The summed E-state index contributed by atoms with van der Waals surface area (Å²) in [6, 6.07) is 6.19. The Kier molecular flexibility index (Phi) is 5.63. The van der Waals surface area contributed by atoms with Crippen molar-refractivity contribution < 1.29 is 14.3 Å². The molecule has 0 spiro atoms. The second-order valence-electron chi connectivity index (χ2n) is 6.65. The van der Waals surface area contributed by atoms with Crippen LogP contribution in [0.4, 0.5) is 4.79 Å². The first-order chi connectivity index (χ1) is 12.1. The van der Waals surface area contributed by atoms with E-state index in [-0.39, 0.29) is 12.1 Å². The number of carbonyl (C=O) groups is 2. The minimum atomic E-state index is -0.708. The predicted octanol–water partition coefficient (Wildman–Crippen LogP) is 4.09. The first kappa shape index (κ1) is 17.8. The second-order valence-corrected chi connectivity index (χ2v) is 7.06. The van der Waals surface area contributed by atoms with Gasteiger partial charge in [0.2, 0.25) is 0 Å². The Morgan fingerprint density at radius 2 is 1.84 bits per heavy atom. The van der Waals surface area contributed by atoms with Crippen molar-refractivity contribution in [3.63, 3.8) is 0 Å². The summed E-state index contributed by atoms with van der Waals surface area (Å²) in [5.41, 5.74) is 1.02. The smallest absolute Gasteiger partial charge is 0.319 e. The van der Waals surface area contributed by atoms with Crippen molar-refractivity contribution in [2.45, 2.75) is 50.7 Å². The molecule has 1 aliphatic carbocycles. The Morgan fingerprint density at radius 3 is 2.52 bits per heavy atom. The van der Waals surface area contributed by atoms with Gasteiger partial charge in [0.05, 0.1) is 6.04 Å². The molecule has 1 saturated heterocycles. The van der Waals surface area contributed by atoms with Gasteiger partial charge in [0.25, 0.3) is 0 Å². The SMILES string of the molecule is C=C1NC(=O)NC(c2ccccc2Cl)C1C(=O)OC1CCCCCC1. The minimum absolute atomic E-state index is 0.0627. The van der Waals surface area contributed by atoms with Crippen LogP contribution >= 0.6 is 11.6 Å². The van der Waals surface area contributed by atoms with Gasteiger partial charge in [-0.2, -0.15) is 0 Å². The number of urea groups is 1. The molecule has 2 atom stereocenters. The molecule has 1 aliphatic heterocycles. The van der Waals surface area contributed by atoms with Gasteiger partial charge in [-0.3, -0.25) is 4.79 Å². The maximum absolute atomic E-state index is 12.9. The minimum Gasteiger partial charge on any atom is -0.462 e. The third-order valence-corrected chi connectivity index (χ3v) is 5.19. The van der Waals surface area contributed by atoms with E-state index in [9.17, 15) is 9.59 Å². The van der Waals surface area contributed by atoms with E-state index in [1.165, 1.54) is 12.8 Å². The third kappa shape index (κ3) is 4.15. The molecule has 2 amide bonds. The average Bonchev–Trinajstić information content (AvgIpc) is 2.83. The van der Waals surface area contributed by atoms with Crippen LogP contribution in [0.3, 0.4) is 0 Å². The highest BCUT2D eigenvalue weighted by molar-refractivity contribution is 6.31. The van der Waals surface area contributed by atoms with Gasteiger partial charge in [0.15, 0.2) is 0 Å². The molecule has 0 aromatic heterocycles. The number of ether oxygens (including phenoxy) is 1. The monoisotopic (exact) mass is 362 g/mol. The topological polar surface area (TPSA) is 67.4 Å². The molecule has 1 saturated carbocycles. The molecule has 2 fully saturated rings. The van der Waals surface area contributed by atoms with Gasteiger partial charge in [0.1, 0.15) is 12.0 Å². The number of amides is 2. The Labute approximate surface area is 152 Å². The number of esters is 1. The lowest BCUT2D eigenvalue weighted by atomic mass is 9.89. The molecule has 1 aromatic carbocycles. The van der Waals surface area contributed by atoms with E-state index >= 15 is 0 Å². The normalized spacial score (nSPS) is 24.8. The van der Waals surface area contributed by atoms with Gasteiger partial charge >= 0.3 is 12.0 Å². The quantitative estimate of drug-likeness (QED) is 0.628. The summed E-state index contributed by atoms with van der Waals surface area (Å²) < 4.78 is 5.77. The molecular weight excluding hydrogens is 340 g/mol. The van der Waals surface area contributed by atoms with E-state index in [0.717, 1.165) is 25.7 Å². The van der Waals surface area contributed by atoms with E-state index in [1.807, 2.05) is 12.1 Å². The van der Waals surface area contributed by atoms with Gasteiger partial charge < -0.3 is 15.4 Å². The van der Waals surface area contributed by atoms with Crippen LogP contribution in [0.5, 0.6) is 0 Å². The first-order valence-corrected chi connectivity index (χ1v) is 9.15. The predicted molar refractivity (Wildman–Crippen MR) is 96.1 cm³/mol. The van der Waals surface area contributed by atoms with E-state index in [0.29, 0.717) is 16.3 Å². The Morgan fingerprint density at radius 1 is 1.16 bits per heavy atom. The number of carbonyl (C=O) groups excluding carboxylic acids is 2. The van der Waals surface area contributed by atoms with Crippen molar-refractivity contribution in [3.8, 4) is 0 Å². The lowest BCUT2D eigenvalue weighted by Crippen LogP contribution is -2.51. The summed E-state index contributed by atoms with van der Waals surface area (Å²) in [4.78, 5) is 24.8. The van der Waals surface area contributed by atoms with E-state index in [2.05, 4.69) is 17.2 Å². The van der Waals surface area contributed by atoms with Crippen molar-refractivity contribution in [1.29, 1.82) is 0 Å². The number of hydrogen-bond donors (Lipinski definition) is 2. The van der Waals surface area contributed by atoms with Crippen molar-refractivity contribution in [2.24, 2.45) is 5.92 Å². The van der Waals surface area contributed by atoms with Crippen LogP contribution in [-0.4, -0.2) is 18.1 Å². The molecule has 2 aliphatic rings. The zero-order chi connectivity index (χ0) is 17.8. The number of rotatable bonds is 3. The number of benzene rings is 1. The first-order valence-electron chi connectivity index (χ1n) is 8.77. The Hall–Kier alpha value is -2.01. The van der Waals surface area contributed by atoms with Crippen LogP contribution in [0.25, 0.3) is 0 Å². The molecule has 1 heterocycles. The summed E-state index contributed by atoms with van der Waals surface area (Å²) in [6.07, 6.45) is 6.24. The van der Waals surface area contributed by atoms with Crippen LogP contribution in [0, 0.1) is 5.92 Å². The summed E-state index contributed by atoms with van der Waals surface area (Å²) in [5, 5.41) is 5.87. The van der Waals surface area contributed by atoms with Gasteiger partial charge in [-0.05, 0) is 37.3 Å². The lowest BCUT2D eigenvalue weighted by Gasteiger charge is -2.34. The van der Waals surface area contributed by atoms with Crippen LogP contribution < -0.4 is 10.6 Å². The third-order valence-electron chi connectivity index (χ3n) is 4.85. The van der Waals surface area contributed by atoms with Crippen LogP contribution in [0.1, 0.15) is 50.1 Å². The molecule has 0 radical (unpaired) electrons. The highest BCUT2D eigenvalue weighted by atomic mass is 35.5. The van der Waals surface area contributed by atoms with E-state index in [1.54, 1.807) is 12.1 Å². The molecular formula is C19H23ClN2O3. The maximum Gasteiger partial charge on any atom is 0.319 e. The number of nitrogens with one attached hydrogen (secondary N) is 2. The van der Waals surface area contributed by atoms with Crippen molar-refractivity contribution >= 4 is 23.6 Å². The van der Waals surface area contributed by atoms with Crippen LogP contribution in [0.15, 0.2) is 36.5 Å². The largest absolute Gasteiger partial charge is 0.462 e. The molecule has 5 nitrogen and oxygen atoms in total. The fourth-order valence-electron chi connectivity index (χ4n) is 3.55. The second kappa shape index (κ2) is 7.91. The lowest BCUT2D eigenvalue weighted by molar-refractivity contribution is -0.154. The zero-order valence-electron chi connectivity index (χ0n) is 14.1. The number of hydrogen-bond acceptors (Lipinski definition) is 3. The fraction of sp³-hybridized carbons (Fsp3) is 0.474. The van der Waals surface area contributed by atoms with E-state index in [4.69, 9.17) is 16.3 Å². The van der Waals surface area contributed by atoms with Crippen molar-refractivity contribution in [3.05, 3.63) is 47.1 Å². The Balaban J connectivity index is 1.82. The zero-order valence-corrected chi connectivity index (χ0v) is 14.8. The van der Waals surface area contributed by atoms with Crippen molar-refractivity contribution in [2.75, 3.05) is 0 Å². The summed E-state index contributed by atoms with van der Waals surface area (Å²) in [5.74, 6) is -1.07. The molecule has 2 N–H and O–H groups in total. The van der Waals surface area contributed by atoms with Crippen LogP contribution in [-0.2, 0) is 9.53 Å². The molecule has 0 bridgehead atoms. The molecule has 25 heavy (non-hydrogen) atoms. The molecule has 3 rings (SSSR count). The molecule has 134 valence electrons. The van der Waals surface area contributed by atoms with Gasteiger partial charge in [-0.25, -0.2) is 4.79 Å². The summed E-state index contributed by atoms with van der Waals surface area (Å²) in [7, 11) is 0. The molecule has 1 aromatic rings. The molecule has 6 heteroatoms. The fourth-order valence-corrected chi connectivity index (χ4v) is 3.80. The molecule has 2 unspecified atom stereocenters. The van der Waals surface area contributed by atoms with Crippen molar-refractivity contribution in [1.82, 2.24) is 10.6 Å². The highest BCUT2D eigenvalue weighted by Crippen LogP contribution is 2.35. The van der Waals surface area contributed by atoms with Gasteiger partial charge in [-0.1, -0.05) is 49.2 Å². The average molecular weight is 363 g/mol. The number of halogens is 1.